The van der Waals surface area contributed by atoms with E-state index in [1.807, 2.05) is 20.8 Å². The van der Waals surface area contributed by atoms with Crippen molar-refractivity contribution < 1.29 is 23.6 Å². The first kappa shape index (κ1) is 23.8. The molecule has 0 bridgehead atoms. The maximum Gasteiger partial charge on any atom is 0.306 e. The smallest absolute Gasteiger partial charge is 0.306 e. The summed E-state index contributed by atoms with van der Waals surface area (Å²) in [6.45, 7) is 10.1. The number of hydrogen-bond donors (Lipinski definition) is 0. The molecular weight excluding hydrogens is 394 g/mol. The Labute approximate surface area is 186 Å². The number of rotatable bonds is 10. The lowest BCUT2D eigenvalue weighted by atomic mass is 9.69. The molecule has 1 aromatic rings. The van der Waals surface area contributed by atoms with Gasteiger partial charge in [0.25, 0.3) is 0 Å². The summed E-state index contributed by atoms with van der Waals surface area (Å²) in [4.78, 5) is 24.4. The van der Waals surface area contributed by atoms with Crippen molar-refractivity contribution in [1.82, 2.24) is 5.16 Å². The Hall–Kier alpha value is -1.85. The highest BCUT2D eigenvalue weighted by atomic mass is 16.6. The van der Waals surface area contributed by atoms with Gasteiger partial charge in [0.1, 0.15) is 11.4 Å². The zero-order chi connectivity index (χ0) is 22.8. The second-order valence-corrected chi connectivity index (χ2v) is 10.9. The van der Waals surface area contributed by atoms with Gasteiger partial charge in [-0.2, -0.15) is 0 Å². The van der Waals surface area contributed by atoms with Crippen molar-refractivity contribution in [1.29, 1.82) is 0 Å². The topological polar surface area (TPSA) is 78.6 Å². The van der Waals surface area contributed by atoms with Crippen molar-refractivity contribution in [2.45, 2.75) is 109 Å². The van der Waals surface area contributed by atoms with E-state index in [2.05, 4.69) is 19.0 Å². The Balaban J connectivity index is 1.78. The molecule has 3 rings (SSSR count). The van der Waals surface area contributed by atoms with Gasteiger partial charge in [-0.25, -0.2) is 0 Å². The molecule has 31 heavy (non-hydrogen) atoms. The molecule has 2 aliphatic rings. The average Bonchev–Trinajstić information content (AvgIpc) is 3.38. The summed E-state index contributed by atoms with van der Waals surface area (Å²) in [5.41, 5.74) is 1.53. The Morgan fingerprint density at radius 2 is 1.81 bits per heavy atom. The van der Waals surface area contributed by atoms with Gasteiger partial charge in [0.2, 0.25) is 0 Å². The number of esters is 2. The number of nitrogens with zero attached hydrogens (tertiary/aromatic N) is 1. The monoisotopic (exact) mass is 433 g/mol. The maximum atomic E-state index is 12.6. The Morgan fingerprint density at radius 3 is 2.35 bits per heavy atom. The first-order valence-corrected chi connectivity index (χ1v) is 11.8. The highest BCUT2D eigenvalue weighted by Gasteiger charge is 2.41. The fraction of sp³-hybridized carbons (Fsp3) is 0.800. The quantitative estimate of drug-likeness (QED) is 0.430. The van der Waals surface area contributed by atoms with Crippen LogP contribution < -0.4 is 0 Å². The highest BCUT2D eigenvalue weighted by molar-refractivity contribution is 5.72. The van der Waals surface area contributed by atoms with Crippen LogP contribution in [0.2, 0.25) is 0 Å². The molecule has 0 radical (unpaired) electrons. The number of ether oxygens (including phenoxy) is 2. The molecule has 6 heteroatoms. The molecule has 0 spiro atoms. The fourth-order valence-corrected chi connectivity index (χ4v) is 4.82. The van der Waals surface area contributed by atoms with Crippen molar-refractivity contribution in [2.75, 3.05) is 7.11 Å². The van der Waals surface area contributed by atoms with Crippen molar-refractivity contribution in [3.8, 4) is 0 Å². The van der Waals surface area contributed by atoms with Crippen molar-refractivity contribution in [2.24, 2.45) is 11.8 Å². The molecule has 1 atom stereocenters. The van der Waals surface area contributed by atoms with E-state index in [1.54, 1.807) is 0 Å². The molecule has 0 saturated heterocycles. The van der Waals surface area contributed by atoms with Crippen LogP contribution in [-0.4, -0.2) is 29.8 Å². The summed E-state index contributed by atoms with van der Waals surface area (Å²) < 4.78 is 16.3. The van der Waals surface area contributed by atoms with E-state index in [0.717, 1.165) is 49.0 Å². The van der Waals surface area contributed by atoms with Crippen molar-refractivity contribution in [3.05, 3.63) is 17.0 Å². The van der Waals surface area contributed by atoms with Crippen LogP contribution in [0.5, 0.6) is 0 Å². The Kier molecular flexibility index (Phi) is 7.48. The molecule has 0 aromatic carbocycles. The van der Waals surface area contributed by atoms with Crippen molar-refractivity contribution >= 4 is 11.9 Å². The summed E-state index contributed by atoms with van der Waals surface area (Å²) in [6.07, 6.45) is 6.79. The van der Waals surface area contributed by atoms with E-state index in [-0.39, 0.29) is 30.7 Å². The van der Waals surface area contributed by atoms with Crippen LogP contribution in [0, 0.1) is 11.8 Å². The first-order valence-electron chi connectivity index (χ1n) is 11.8. The third-order valence-electron chi connectivity index (χ3n) is 6.32. The minimum absolute atomic E-state index is 0.195. The van der Waals surface area contributed by atoms with Crippen LogP contribution in [0.25, 0.3) is 0 Å². The maximum absolute atomic E-state index is 12.6. The SMILES string of the molecule is COC(=O)CC[C@@H](CC(=O)OC(C)(C)C)c1noc([C@H]2C[C@@H](CC(C)C)C2)c1C1CC1. The highest BCUT2D eigenvalue weighted by Crippen LogP contribution is 2.52. The number of carbonyl (C=O) groups excluding carboxylic acids is 2. The summed E-state index contributed by atoms with van der Waals surface area (Å²) in [7, 11) is 1.39. The molecule has 174 valence electrons. The van der Waals surface area contributed by atoms with Crippen LogP contribution in [0.4, 0.5) is 0 Å². The summed E-state index contributed by atoms with van der Waals surface area (Å²) in [6, 6.07) is 0. The largest absolute Gasteiger partial charge is 0.469 e. The predicted octanol–water partition coefficient (Wildman–Crippen LogP) is 5.86. The zero-order valence-electron chi connectivity index (χ0n) is 20.0. The van der Waals surface area contributed by atoms with Crippen LogP contribution in [0.15, 0.2) is 4.52 Å². The van der Waals surface area contributed by atoms with Crippen molar-refractivity contribution in [3.63, 3.8) is 0 Å². The molecule has 1 heterocycles. The first-order chi connectivity index (χ1) is 14.6. The van der Waals surface area contributed by atoms with Gasteiger partial charge in [-0.15, -0.1) is 0 Å². The van der Waals surface area contributed by atoms with E-state index < -0.39 is 5.60 Å². The molecular formula is C25H39NO5. The van der Waals surface area contributed by atoms with Gasteiger partial charge in [0.15, 0.2) is 0 Å². The lowest BCUT2D eigenvalue weighted by Crippen LogP contribution is -2.25. The van der Waals surface area contributed by atoms with Gasteiger partial charge in [-0.1, -0.05) is 19.0 Å². The van der Waals surface area contributed by atoms with E-state index >= 15 is 0 Å². The molecule has 1 aromatic heterocycles. The van der Waals surface area contributed by atoms with Gasteiger partial charge in [0, 0.05) is 23.8 Å². The number of carbonyl (C=O) groups is 2. The van der Waals surface area contributed by atoms with Gasteiger partial charge >= 0.3 is 11.9 Å². The predicted molar refractivity (Wildman–Crippen MR) is 118 cm³/mol. The van der Waals surface area contributed by atoms with Crippen LogP contribution in [0.1, 0.15) is 121 Å². The van der Waals surface area contributed by atoms with Crippen LogP contribution in [0.3, 0.4) is 0 Å². The molecule has 6 nitrogen and oxygen atoms in total. The molecule has 0 N–H and O–H groups in total. The van der Waals surface area contributed by atoms with Crippen LogP contribution in [-0.2, 0) is 19.1 Å². The van der Waals surface area contributed by atoms with E-state index in [0.29, 0.717) is 18.3 Å². The third-order valence-corrected chi connectivity index (χ3v) is 6.32. The van der Waals surface area contributed by atoms with Gasteiger partial charge in [-0.05, 0) is 77.0 Å². The van der Waals surface area contributed by atoms with E-state index in [9.17, 15) is 9.59 Å². The standard InChI is InChI=1S/C25H39NO5/c1-15(2)11-16-12-19(13-16)24-22(17-7-8-17)23(26-31-24)18(9-10-20(27)29-6)14-21(28)30-25(3,4)5/h15-19H,7-14H2,1-6H3/t16-,18-,19+/m0/s1. The minimum Gasteiger partial charge on any atom is -0.469 e. The minimum atomic E-state index is -0.546. The van der Waals surface area contributed by atoms with Gasteiger partial charge in [-0.3, -0.25) is 9.59 Å². The number of methoxy groups -OCH3 is 1. The summed E-state index contributed by atoms with van der Waals surface area (Å²) in [5.74, 6) is 2.68. The lowest BCUT2D eigenvalue weighted by Gasteiger charge is -2.35. The Morgan fingerprint density at radius 1 is 1.13 bits per heavy atom. The van der Waals surface area contributed by atoms with Crippen LogP contribution >= 0.6 is 0 Å². The molecule has 2 aliphatic carbocycles. The lowest BCUT2D eigenvalue weighted by molar-refractivity contribution is -0.155. The molecule has 0 aliphatic heterocycles. The number of aromatic nitrogens is 1. The molecule has 2 fully saturated rings. The summed E-state index contributed by atoms with van der Waals surface area (Å²) >= 11 is 0. The molecule has 0 unspecified atom stereocenters. The second-order valence-electron chi connectivity index (χ2n) is 10.9. The Bertz CT molecular complexity index is 765. The zero-order valence-corrected chi connectivity index (χ0v) is 20.0. The van der Waals surface area contributed by atoms with E-state index in [4.69, 9.17) is 14.0 Å². The molecule has 2 saturated carbocycles. The van der Waals surface area contributed by atoms with Gasteiger partial charge < -0.3 is 14.0 Å². The summed E-state index contributed by atoms with van der Waals surface area (Å²) in [5, 5.41) is 4.49. The average molecular weight is 434 g/mol. The molecule has 0 amide bonds. The third kappa shape index (κ3) is 6.56. The number of hydrogen-bond acceptors (Lipinski definition) is 6. The fourth-order valence-electron chi connectivity index (χ4n) is 4.82. The van der Waals surface area contributed by atoms with E-state index in [1.165, 1.54) is 19.1 Å². The normalized spacial score (nSPS) is 22.2. The van der Waals surface area contributed by atoms with Gasteiger partial charge in [0.05, 0.1) is 19.2 Å². The second kappa shape index (κ2) is 9.74.